The maximum atomic E-state index is 13.6. The topological polar surface area (TPSA) is 50.2 Å². The zero-order chi connectivity index (χ0) is 15.6. The maximum Gasteiger partial charge on any atom is 0.417 e. The molecule has 0 fully saturated rings. The molecule has 1 N–H and O–H groups in total. The molecule has 8 heteroatoms. The van der Waals surface area contributed by atoms with E-state index < -0.39 is 23.5 Å². The van der Waals surface area contributed by atoms with Crippen molar-refractivity contribution in [1.82, 2.24) is 4.98 Å². The Labute approximate surface area is 120 Å². The van der Waals surface area contributed by atoms with Crippen LogP contribution in [0.1, 0.15) is 15.9 Å². The molecule has 0 spiro atoms. The first kappa shape index (κ1) is 15.3. The van der Waals surface area contributed by atoms with Crippen LogP contribution in [0.25, 0.3) is 0 Å². The molecule has 0 aliphatic carbocycles. The van der Waals surface area contributed by atoms with Crippen LogP contribution in [0.5, 0.6) is 0 Å². The number of aromatic carboxylic acids is 1. The summed E-state index contributed by atoms with van der Waals surface area (Å²) in [6.45, 7) is 0. The molecule has 0 saturated carbocycles. The third kappa shape index (κ3) is 3.72. The third-order valence-corrected chi connectivity index (χ3v) is 3.44. The lowest BCUT2D eigenvalue weighted by molar-refractivity contribution is -0.137. The zero-order valence-corrected chi connectivity index (χ0v) is 11.0. The number of carbonyl (C=O) groups is 1. The summed E-state index contributed by atoms with van der Waals surface area (Å²) < 4.78 is 50.7. The van der Waals surface area contributed by atoms with Gasteiger partial charge in [-0.2, -0.15) is 13.2 Å². The Morgan fingerprint density at radius 3 is 2.43 bits per heavy atom. The zero-order valence-electron chi connectivity index (χ0n) is 10.2. The van der Waals surface area contributed by atoms with Gasteiger partial charge in [0.2, 0.25) is 0 Å². The molecule has 1 aromatic heterocycles. The van der Waals surface area contributed by atoms with Gasteiger partial charge in [0, 0.05) is 6.20 Å². The number of hydrogen-bond acceptors (Lipinski definition) is 3. The molecule has 0 unspecified atom stereocenters. The summed E-state index contributed by atoms with van der Waals surface area (Å²) in [5, 5.41) is 8.95. The Morgan fingerprint density at radius 2 is 1.90 bits per heavy atom. The van der Waals surface area contributed by atoms with E-state index in [0.717, 1.165) is 42.1 Å². The van der Waals surface area contributed by atoms with E-state index in [4.69, 9.17) is 5.11 Å². The average molecular weight is 317 g/mol. The van der Waals surface area contributed by atoms with Gasteiger partial charge in [0.25, 0.3) is 0 Å². The van der Waals surface area contributed by atoms with E-state index >= 15 is 0 Å². The number of nitrogens with zero attached hydrogens (tertiary/aromatic N) is 1. The van der Waals surface area contributed by atoms with Crippen LogP contribution in [0.15, 0.2) is 46.5 Å². The van der Waals surface area contributed by atoms with Gasteiger partial charge in [0.15, 0.2) is 0 Å². The SMILES string of the molecule is O=C(O)c1ccc(F)c(Sc2ccc(C(F)(F)F)cn2)c1. The Morgan fingerprint density at radius 1 is 1.19 bits per heavy atom. The standard InChI is InChI=1S/C13H7F4NO2S/c14-9-3-1-7(12(19)20)5-10(9)21-11-4-2-8(6-18-11)13(15,16)17/h1-6H,(H,19,20). The van der Waals surface area contributed by atoms with Crippen molar-refractivity contribution >= 4 is 17.7 Å². The third-order valence-electron chi connectivity index (χ3n) is 2.46. The second kappa shape index (κ2) is 5.72. The fourth-order valence-electron chi connectivity index (χ4n) is 1.44. The summed E-state index contributed by atoms with van der Waals surface area (Å²) in [5.74, 6) is -1.90. The van der Waals surface area contributed by atoms with Crippen molar-refractivity contribution in [1.29, 1.82) is 0 Å². The Hall–Kier alpha value is -2.09. The van der Waals surface area contributed by atoms with E-state index in [1.807, 2.05) is 0 Å². The van der Waals surface area contributed by atoms with Crippen LogP contribution in [0.4, 0.5) is 17.6 Å². The van der Waals surface area contributed by atoms with E-state index in [0.29, 0.717) is 6.20 Å². The van der Waals surface area contributed by atoms with Gasteiger partial charge in [-0.1, -0.05) is 11.8 Å². The number of carboxylic acid groups (broad SMARTS) is 1. The molecule has 0 saturated heterocycles. The second-order valence-electron chi connectivity index (χ2n) is 3.94. The van der Waals surface area contributed by atoms with E-state index in [1.165, 1.54) is 0 Å². The van der Waals surface area contributed by atoms with Gasteiger partial charge in [-0.15, -0.1) is 0 Å². The van der Waals surface area contributed by atoms with Gasteiger partial charge in [-0.05, 0) is 30.3 Å². The van der Waals surface area contributed by atoms with Crippen molar-refractivity contribution < 1.29 is 27.5 Å². The largest absolute Gasteiger partial charge is 0.478 e. The van der Waals surface area contributed by atoms with Crippen molar-refractivity contribution in [2.24, 2.45) is 0 Å². The molecule has 0 amide bonds. The van der Waals surface area contributed by atoms with Gasteiger partial charge in [0.1, 0.15) is 10.8 Å². The van der Waals surface area contributed by atoms with Crippen LogP contribution < -0.4 is 0 Å². The molecule has 0 aliphatic rings. The Kier molecular flexibility index (Phi) is 4.17. The number of benzene rings is 1. The molecule has 2 aromatic rings. The number of rotatable bonds is 3. The smallest absolute Gasteiger partial charge is 0.417 e. The first-order valence-corrected chi connectivity index (χ1v) is 6.33. The van der Waals surface area contributed by atoms with Crippen LogP contribution >= 0.6 is 11.8 Å². The van der Waals surface area contributed by atoms with Gasteiger partial charge in [-0.25, -0.2) is 14.2 Å². The molecule has 0 bridgehead atoms. The van der Waals surface area contributed by atoms with Crippen molar-refractivity contribution in [3.8, 4) is 0 Å². The van der Waals surface area contributed by atoms with E-state index in [1.54, 1.807) is 0 Å². The fraction of sp³-hybridized carbons (Fsp3) is 0.0769. The van der Waals surface area contributed by atoms with Crippen LogP contribution in [0.2, 0.25) is 0 Å². The van der Waals surface area contributed by atoms with E-state index in [9.17, 15) is 22.4 Å². The summed E-state index contributed by atoms with van der Waals surface area (Å²) in [5.41, 5.74) is -1.03. The summed E-state index contributed by atoms with van der Waals surface area (Å²) in [4.78, 5) is 14.4. The minimum Gasteiger partial charge on any atom is -0.478 e. The molecule has 0 aliphatic heterocycles. The first-order valence-electron chi connectivity index (χ1n) is 5.51. The number of alkyl halides is 3. The number of hydrogen-bond donors (Lipinski definition) is 1. The molecule has 21 heavy (non-hydrogen) atoms. The molecule has 1 heterocycles. The maximum absolute atomic E-state index is 13.6. The molecule has 1 aromatic carbocycles. The number of pyridine rings is 1. The predicted octanol–water partition coefficient (Wildman–Crippen LogP) is 4.09. The molecule has 3 nitrogen and oxygen atoms in total. The summed E-state index contributed by atoms with van der Waals surface area (Å²) in [7, 11) is 0. The highest BCUT2D eigenvalue weighted by molar-refractivity contribution is 7.99. The van der Waals surface area contributed by atoms with Crippen molar-refractivity contribution in [3.63, 3.8) is 0 Å². The normalized spacial score (nSPS) is 11.4. The van der Waals surface area contributed by atoms with Crippen molar-refractivity contribution in [2.75, 3.05) is 0 Å². The molecule has 0 atom stereocenters. The van der Waals surface area contributed by atoms with Gasteiger partial charge >= 0.3 is 12.1 Å². The average Bonchev–Trinajstić information content (AvgIpc) is 2.40. The molecule has 110 valence electrons. The van der Waals surface area contributed by atoms with E-state index in [2.05, 4.69) is 4.98 Å². The monoisotopic (exact) mass is 317 g/mol. The molecular weight excluding hydrogens is 310 g/mol. The predicted molar refractivity (Wildman–Crippen MR) is 66.7 cm³/mol. The van der Waals surface area contributed by atoms with Crippen LogP contribution in [-0.4, -0.2) is 16.1 Å². The summed E-state index contributed by atoms with van der Waals surface area (Å²) >= 11 is 0.748. The lowest BCUT2D eigenvalue weighted by atomic mass is 10.2. The fourth-order valence-corrected chi connectivity index (χ4v) is 2.25. The lowest BCUT2D eigenvalue weighted by Gasteiger charge is -2.07. The molecule has 2 rings (SSSR count). The molecule has 0 radical (unpaired) electrons. The summed E-state index contributed by atoms with van der Waals surface area (Å²) in [6.07, 6.45) is -3.86. The molecular formula is C13H7F4NO2S. The number of halogens is 4. The minimum absolute atomic E-state index is 0.0258. The van der Waals surface area contributed by atoms with Crippen molar-refractivity contribution in [2.45, 2.75) is 16.1 Å². The second-order valence-corrected chi connectivity index (χ2v) is 5.00. The summed E-state index contributed by atoms with van der Waals surface area (Å²) in [6, 6.07) is 5.11. The van der Waals surface area contributed by atoms with Gasteiger partial charge in [-0.3, -0.25) is 0 Å². The van der Waals surface area contributed by atoms with Crippen LogP contribution in [0.3, 0.4) is 0 Å². The van der Waals surface area contributed by atoms with Gasteiger partial charge in [0.05, 0.1) is 16.0 Å². The number of aromatic nitrogens is 1. The first-order chi connectivity index (χ1) is 9.77. The van der Waals surface area contributed by atoms with Crippen molar-refractivity contribution in [3.05, 3.63) is 53.5 Å². The lowest BCUT2D eigenvalue weighted by Crippen LogP contribution is -2.05. The Balaban J connectivity index is 2.26. The van der Waals surface area contributed by atoms with E-state index in [-0.39, 0.29) is 15.5 Å². The highest BCUT2D eigenvalue weighted by Crippen LogP contribution is 2.32. The minimum atomic E-state index is -4.50. The van der Waals surface area contributed by atoms with Crippen LogP contribution in [-0.2, 0) is 6.18 Å². The Bertz CT molecular complexity index is 671. The highest BCUT2D eigenvalue weighted by atomic mass is 32.2. The quantitative estimate of drug-likeness (QED) is 0.866. The van der Waals surface area contributed by atoms with Gasteiger partial charge < -0.3 is 5.11 Å². The highest BCUT2D eigenvalue weighted by Gasteiger charge is 2.30. The van der Waals surface area contributed by atoms with Crippen LogP contribution in [0, 0.1) is 5.82 Å². The number of carboxylic acids is 1.